The Morgan fingerprint density at radius 2 is 0.565 bits per heavy atom. The van der Waals surface area contributed by atoms with Gasteiger partial charge in [0.15, 0.2) is 6.10 Å². The van der Waals surface area contributed by atoms with Gasteiger partial charge in [0.1, 0.15) is 13.2 Å². The second-order valence-corrected chi connectivity index (χ2v) is 18.5. The molecular formula is C63H104O6. The normalized spacial score (nSPS) is 12.9. The molecule has 0 aliphatic heterocycles. The van der Waals surface area contributed by atoms with E-state index in [1.54, 1.807) is 0 Å². The summed E-state index contributed by atoms with van der Waals surface area (Å²) in [4.78, 5) is 38.0. The molecule has 6 nitrogen and oxygen atoms in total. The van der Waals surface area contributed by atoms with Crippen LogP contribution in [0, 0.1) is 0 Å². The molecule has 0 aromatic rings. The van der Waals surface area contributed by atoms with Crippen LogP contribution in [0.25, 0.3) is 0 Å². The van der Waals surface area contributed by atoms with Gasteiger partial charge in [0.25, 0.3) is 0 Å². The lowest BCUT2D eigenvalue weighted by molar-refractivity contribution is -0.167. The fourth-order valence-electron chi connectivity index (χ4n) is 7.51. The first kappa shape index (κ1) is 65.1. The van der Waals surface area contributed by atoms with Gasteiger partial charge in [-0.1, -0.05) is 233 Å². The van der Waals surface area contributed by atoms with E-state index in [1.165, 1.54) is 89.9 Å². The van der Waals surface area contributed by atoms with E-state index >= 15 is 0 Å². The van der Waals surface area contributed by atoms with Gasteiger partial charge in [-0.05, 0) is 109 Å². The summed E-state index contributed by atoms with van der Waals surface area (Å²) in [6, 6.07) is 0. The second kappa shape index (κ2) is 56.7. The van der Waals surface area contributed by atoms with E-state index in [2.05, 4.69) is 130 Å². The number of hydrogen-bond acceptors (Lipinski definition) is 6. The summed E-state index contributed by atoms with van der Waals surface area (Å²) in [6.45, 7) is 6.45. The maximum atomic E-state index is 12.8. The highest BCUT2D eigenvalue weighted by atomic mass is 16.6. The van der Waals surface area contributed by atoms with Crippen molar-refractivity contribution in [1.29, 1.82) is 0 Å². The molecular weight excluding hydrogens is 853 g/mol. The average Bonchev–Trinajstić information content (AvgIpc) is 3.35. The average molecular weight is 958 g/mol. The molecule has 0 amide bonds. The first-order valence-electron chi connectivity index (χ1n) is 28.4. The minimum absolute atomic E-state index is 0.0945. The molecule has 0 spiro atoms. The lowest BCUT2D eigenvalue weighted by Crippen LogP contribution is -2.30. The van der Waals surface area contributed by atoms with Crippen molar-refractivity contribution in [3.8, 4) is 0 Å². The van der Waals surface area contributed by atoms with E-state index in [4.69, 9.17) is 14.2 Å². The third kappa shape index (κ3) is 54.9. The largest absolute Gasteiger partial charge is 0.462 e. The molecule has 6 heteroatoms. The highest BCUT2D eigenvalue weighted by molar-refractivity contribution is 5.71. The molecule has 0 rings (SSSR count). The summed E-state index contributed by atoms with van der Waals surface area (Å²) in [5.74, 6) is -0.951. The van der Waals surface area contributed by atoms with Crippen molar-refractivity contribution in [1.82, 2.24) is 0 Å². The minimum Gasteiger partial charge on any atom is -0.462 e. The second-order valence-electron chi connectivity index (χ2n) is 18.5. The molecule has 0 radical (unpaired) electrons. The quantitative estimate of drug-likeness (QED) is 0.0262. The predicted molar refractivity (Wildman–Crippen MR) is 297 cm³/mol. The van der Waals surface area contributed by atoms with Crippen molar-refractivity contribution in [2.24, 2.45) is 0 Å². The van der Waals surface area contributed by atoms with Crippen LogP contribution in [0.2, 0.25) is 0 Å². The summed E-state index contributed by atoms with van der Waals surface area (Å²) >= 11 is 0. The first-order chi connectivity index (χ1) is 34.0. The van der Waals surface area contributed by atoms with Crippen molar-refractivity contribution in [3.05, 3.63) is 109 Å². The number of ether oxygens (including phenoxy) is 3. The molecule has 1 atom stereocenters. The maximum absolute atomic E-state index is 12.8. The monoisotopic (exact) mass is 957 g/mol. The minimum atomic E-state index is -0.799. The smallest absolute Gasteiger partial charge is 0.306 e. The molecule has 0 aliphatic carbocycles. The summed E-state index contributed by atoms with van der Waals surface area (Å²) in [5.41, 5.74) is 0. The molecule has 0 aliphatic rings. The van der Waals surface area contributed by atoms with E-state index in [9.17, 15) is 14.4 Å². The Bertz CT molecular complexity index is 1420. The molecule has 392 valence electrons. The Balaban J connectivity index is 4.38. The van der Waals surface area contributed by atoms with Crippen molar-refractivity contribution in [2.45, 2.75) is 258 Å². The van der Waals surface area contributed by atoms with Gasteiger partial charge >= 0.3 is 17.9 Å². The van der Waals surface area contributed by atoms with Crippen LogP contribution in [-0.2, 0) is 28.6 Å². The van der Waals surface area contributed by atoms with Crippen LogP contribution >= 0.6 is 0 Å². The molecule has 1 unspecified atom stereocenters. The Kier molecular flexibility index (Phi) is 53.4. The van der Waals surface area contributed by atoms with E-state index in [1.807, 2.05) is 0 Å². The first-order valence-corrected chi connectivity index (χ1v) is 28.4. The highest BCUT2D eigenvalue weighted by Gasteiger charge is 2.19. The zero-order valence-corrected chi connectivity index (χ0v) is 44.8. The maximum Gasteiger partial charge on any atom is 0.306 e. The number of carbonyl (C=O) groups excluding carboxylic acids is 3. The third-order valence-corrected chi connectivity index (χ3v) is 11.8. The molecule has 0 heterocycles. The number of carbonyl (C=O) groups is 3. The highest BCUT2D eigenvalue weighted by Crippen LogP contribution is 2.14. The van der Waals surface area contributed by atoms with Gasteiger partial charge in [-0.2, -0.15) is 0 Å². The van der Waals surface area contributed by atoms with Crippen molar-refractivity contribution < 1.29 is 28.6 Å². The van der Waals surface area contributed by atoms with Gasteiger partial charge in [-0.3, -0.25) is 14.4 Å². The van der Waals surface area contributed by atoms with E-state index in [-0.39, 0.29) is 31.1 Å². The Morgan fingerprint density at radius 3 is 0.957 bits per heavy atom. The molecule has 0 N–H and O–H groups in total. The van der Waals surface area contributed by atoms with Gasteiger partial charge in [0.2, 0.25) is 0 Å². The molecule has 0 saturated heterocycles. The summed E-state index contributed by atoms with van der Waals surface area (Å²) in [6.07, 6.45) is 76.5. The van der Waals surface area contributed by atoms with E-state index in [0.717, 1.165) is 122 Å². The standard InChI is InChI=1S/C63H104O6/c1-4-7-10-13-16-19-22-25-26-27-28-29-30-31-32-33-34-35-36-37-38-39-42-44-47-50-53-56-62(65)68-59-60(69-63(66)57-54-51-48-45-41-24-21-18-15-12-9-6-3)58-67-61(64)55-52-49-46-43-40-23-20-17-14-11-8-5-2/h7,10,16,18-19,21,25-26,28-29,31-32,34-35,37-38,42,44,60H,4-6,8-9,11-15,17,20,22-24,27,30,33,36,39-41,43,45-59H2,1-3H3/b10-7-,19-16-,21-18-,26-25-,29-28-,32-31-,35-34-,38-37-,44-42-. The molecule has 0 bridgehead atoms. The van der Waals surface area contributed by atoms with Crippen LogP contribution in [0.4, 0.5) is 0 Å². The summed E-state index contributed by atoms with van der Waals surface area (Å²) < 4.78 is 16.8. The number of unbranched alkanes of at least 4 members (excludes halogenated alkanes) is 21. The van der Waals surface area contributed by atoms with Crippen LogP contribution in [0.15, 0.2) is 109 Å². The van der Waals surface area contributed by atoms with Gasteiger partial charge in [-0.15, -0.1) is 0 Å². The van der Waals surface area contributed by atoms with Crippen molar-refractivity contribution in [2.75, 3.05) is 13.2 Å². The fourth-order valence-corrected chi connectivity index (χ4v) is 7.51. The zero-order chi connectivity index (χ0) is 50.0. The number of esters is 3. The topological polar surface area (TPSA) is 78.9 Å². The van der Waals surface area contributed by atoms with Crippen LogP contribution in [0.1, 0.15) is 252 Å². The molecule has 69 heavy (non-hydrogen) atoms. The predicted octanol–water partition coefficient (Wildman–Crippen LogP) is 19.1. The lowest BCUT2D eigenvalue weighted by Gasteiger charge is -2.18. The Hall–Kier alpha value is -3.93. The summed E-state index contributed by atoms with van der Waals surface area (Å²) in [5, 5.41) is 0. The summed E-state index contributed by atoms with van der Waals surface area (Å²) in [7, 11) is 0. The van der Waals surface area contributed by atoms with Crippen LogP contribution in [-0.4, -0.2) is 37.2 Å². The zero-order valence-electron chi connectivity index (χ0n) is 44.8. The molecule has 0 fully saturated rings. The number of hydrogen-bond donors (Lipinski definition) is 0. The van der Waals surface area contributed by atoms with Crippen molar-refractivity contribution >= 4 is 17.9 Å². The van der Waals surface area contributed by atoms with Crippen LogP contribution < -0.4 is 0 Å². The fraction of sp³-hybridized carbons (Fsp3) is 0.667. The van der Waals surface area contributed by atoms with Crippen LogP contribution in [0.5, 0.6) is 0 Å². The van der Waals surface area contributed by atoms with Gasteiger partial charge in [0, 0.05) is 19.3 Å². The van der Waals surface area contributed by atoms with Gasteiger partial charge in [-0.25, -0.2) is 0 Å². The van der Waals surface area contributed by atoms with Crippen LogP contribution in [0.3, 0.4) is 0 Å². The van der Waals surface area contributed by atoms with E-state index < -0.39 is 6.10 Å². The SMILES string of the molecule is CC/C=C\C/C=C\C/C=C\C/C=C\C/C=C\C/C=C\C/C=C\C/C=C\CCCCC(=O)OCC(COC(=O)CCCCCCCCCCCCCC)OC(=O)CCCCCCC/C=C\CCCCC. The molecule has 0 saturated carbocycles. The van der Waals surface area contributed by atoms with Gasteiger partial charge in [0.05, 0.1) is 0 Å². The molecule has 0 aromatic heterocycles. The Morgan fingerprint density at radius 1 is 0.304 bits per heavy atom. The molecule has 0 aromatic carbocycles. The third-order valence-electron chi connectivity index (χ3n) is 11.8. The Labute approximate surface area is 425 Å². The van der Waals surface area contributed by atoms with E-state index in [0.29, 0.717) is 19.3 Å². The number of allylic oxidation sites excluding steroid dienone is 18. The lowest BCUT2D eigenvalue weighted by atomic mass is 10.0. The van der Waals surface area contributed by atoms with Crippen molar-refractivity contribution in [3.63, 3.8) is 0 Å². The van der Waals surface area contributed by atoms with Gasteiger partial charge < -0.3 is 14.2 Å². The number of rotatable bonds is 50.